The van der Waals surface area contributed by atoms with E-state index in [1.54, 1.807) is 18.3 Å². The first-order valence-electron chi connectivity index (χ1n) is 6.60. The minimum atomic E-state index is -0.697. The molecule has 0 aliphatic rings. The Kier molecular flexibility index (Phi) is 3.88. The zero-order valence-corrected chi connectivity index (χ0v) is 12.5. The molecule has 3 rings (SSSR count). The molecule has 0 fully saturated rings. The maximum Gasteiger partial charge on any atom is 0.345 e. The van der Waals surface area contributed by atoms with Crippen LogP contribution < -0.4 is 10.9 Å². The molecule has 0 bridgehead atoms. The Hall–Kier alpha value is -2.68. The van der Waals surface area contributed by atoms with E-state index in [1.807, 2.05) is 17.5 Å². The molecule has 9 heteroatoms. The van der Waals surface area contributed by atoms with Gasteiger partial charge in [-0.15, -0.1) is 11.3 Å². The summed E-state index contributed by atoms with van der Waals surface area (Å²) in [5.74, 6) is -0.108. The van der Waals surface area contributed by atoms with Gasteiger partial charge in [-0.1, -0.05) is 6.07 Å². The molecule has 0 radical (unpaired) electrons. The summed E-state index contributed by atoms with van der Waals surface area (Å²) in [6, 6.07) is 3.95. The summed E-state index contributed by atoms with van der Waals surface area (Å²) in [5, 5.41) is 7.82. The quantitative estimate of drug-likeness (QED) is 0.687. The number of hydrogen-bond acceptors (Lipinski definition) is 7. The zero-order chi connectivity index (χ0) is 15.5. The molecule has 0 saturated carbocycles. The average Bonchev–Trinajstić information content (AvgIpc) is 3.15. The van der Waals surface area contributed by atoms with Gasteiger partial charge in [0.15, 0.2) is 0 Å². The molecule has 22 heavy (non-hydrogen) atoms. The Balaban J connectivity index is 1.88. The predicted octanol–water partition coefficient (Wildman–Crippen LogP) is 1.27. The van der Waals surface area contributed by atoms with Crippen molar-refractivity contribution in [1.29, 1.82) is 0 Å². The van der Waals surface area contributed by atoms with E-state index in [-0.39, 0.29) is 17.9 Å². The van der Waals surface area contributed by atoms with E-state index < -0.39 is 11.5 Å². The second-order valence-electron chi connectivity index (χ2n) is 4.34. The highest BCUT2D eigenvalue weighted by Gasteiger charge is 2.16. The Morgan fingerprint density at radius 2 is 2.41 bits per heavy atom. The third-order valence-electron chi connectivity index (χ3n) is 2.88. The zero-order valence-electron chi connectivity index (χ0n) is 11.7. The summed E-state index contributed by atoms with van der Waals surface area (Å²) >= 11 is 1.61. The second-order valence-corrected chi connectivity index (χ2v) is 5.37. The molecule has 3 aromatic rings. The van der Waals surface area contributed by atoms with Crippen LogP contribution >= 0.6 is 11.3 Å². The normalized spacial score (nSPS) is 10.8. The van der Waals surface area contributed by atoms with E-state index in [4.69, 9.17) is 4.74 Å². The number of nitrogens with zero attached hydrogens (tertiary/aromatic N) is 3. The molecule has 0 unspecified atom stereocenters. The van der Waals surface area contributed by atoms with Gasteiger partial charge >= 0.3 is 5.97 Å². The van der Waals surface area contributed by atoms with Crippen LogP contribution in [0.3, 0.4) is 0 Å². The first-order chi connectivity index (χ1) is 10.7. The van der Waals surface area contributed by atoms with Gasteiger partial charge in [-0.3, -0.25) is 9.89 Å². The topological polar surface area (TPSA) is 101 Å². The molecular formula is C13H13N5O3S. The van der Waals surface area contributed by atoms with Crippen LogP contribution in [-0.2, 0) is 11.3 Å². The number of thiophene rings is 1. The number of aromatic amines is 1. The smallest absolute Gasteiger partial charge is 0.345 e. The summed E-state index contributed by atoms with van der Waals surface area (Å²) < 4.78 is 5.93. The maximum absolute atomic E-state index is 12.2. The lowest BCUT2D eigenvalue weighted by atomic mass is 10.3. The van der Waals surface area contributed by atoms with Gasteiger partial charge in [0.05, 0.1) is 19.3 Å². The van der Waals surface area contributed by atoms with Crippen LogP contribution in [0.5, 0.6) is 0 Å². The molecule has 114 valence electrons. The number of carbonyl (C=O) groups excluding carboxylic acids is 1. The number of anilines is 1. The summed E-state index contributed by atoms with van der Waals surface area (Å²) in [6.07, 6.45) is 1.18. The van der Waals surface area contributed by atoms with Crippen molar-refractivity contribution in [2.75, 3.05) is 11.9 Å². The molecule has 0 aliphatic carbocycles. The molecule has 0 atom stereocenters. The molecule has 0 aromatic carbocycles. The van der Waals surface area contributed by atoms with E-state index in [1.165, 1.54) is 6.20 Å². The van der Waals surface area contributed by atoms with Crippen LogP contribution in [0.1, 0.15) is 22.2 Å². The van der Waals surface area contributed by atoms with Gasteiger partial charge in [0.25, 0.3) is 11.3 Å². The number of aromatic nitrogens is 4. The predicted molar refractivity (Wildman–Crippen MR) is 81.2 cm³/mol. The Labute approximate surface area is 128 Å². The van der Waals surface area contributed by atoms with Crippen LogP contribution in [0.15, 0.2) is 28.5 Å². The van der Waals surface area contributed by atoms with Gasteiger partial charge in [-0.05, 0) is 18.4 Å². The fraction of sp³-hybridized carbons (Fsp3) is 0.231. The van der Waals surface area contributed by atoms with Gasteiger partial charge in [-0.2, -0.15) is 9.50 Å². The molecule has 8 nitrogen and oxygen atoms in total. The minimum Gasteiger partial charge on any atom is -0.462 e. The first kappa shape index (κ1) is 14.3. The molecule has 3 heterocycles. The third-order valence-corrected chi connectivity index (χ3v) is 3.75. The number of carbonyl (C=O) groups is 1. The molecule has 2 N–H and O–H groups in total. The van der Waals surface area contributed by atoms with Gasteiger partial charge in [0, 0.05) is 4.88 Å². The van der Waals surface area contributed by atoms with E-state index in [2.05, 4.69) is 20.4 Å². The van der Waals surface area contributed by atoms with E-state index in [0.29, 0.717) is 12.5 Å². The highest BCUT2D eigenvalue weighted by molar-refractivity contribution is 7.09. The number of esters is 1. The molecule has 3 aromatic heterocycles. The monoisotopic (exact) mass is 319 g/mol. The number of hydrogen-bond donors (Lipinski definition) is 2. The van der Waals surface area contributed by atoms with Crippen molar-refractivity contribution in [2.24, 2.45) is 0 Å². The summed E-state index contributed by atoms with van der Waals surface area (Å²) in [6.45, 7) is 2.44. The fourth-order valence-electron chi connectivity index (χ4n) is 1.87. The number of ether oxygens (including phenoxy) is 1. The van der Waals surface area contributed by atoms with E-state index >= 15 is 0 Å². The first-order valence-corrected chi connectivity index (χ1v) is 7.48. The van der Waals surface area contributed by atoms with Crippen LogP contribution in [0.25, 0.3) is 5.78 Å². The Bertz CT molecular complexity index is 852. The van der Waals surface area contributed by atoms with Crippen LogP contribution in [0.2, 0.25) is 0 Å². The highest BCUT2D eigenvalue weighted by Crippen LogP contribution is 2.10. The van der Waals surface area contributed by atoms with Crippen molar-refractivity contribution in [1.82, 2.24) is 19.6 Å². The van der Waals surface area contributed by atoms with Crippen molar-refractivity contribution >= 4 is 29.0 Å². The number of H-pyrrole nitrogens is 1. The third kappa shape index (κ3) is 2.70. The van der Waals surface area contributed by atoms with Gasteiger partial charge < -0.3 is 10.1 Å². The largest absolute Gasteiger partial charge is 0.462 e. The van der Waals surface area contributed by atoms with Gasteiger partial charge in [0.2, 0.25) is 5.95 Å². The van der Waals surface area contributed by atoms with E-state index in [9.17, 15) is 9.59 Å². The second kappa shape index (κ2) is 5.98. The summed E-state index contributed by atoms with van der Waals surface area (Å²) in [5.41, 5.74) is -0.673. The molecule has 0 spiro atoms. The van der Waals surface area contributed by atoms with Crippen molar-refractivity contribution in [3.8, 4) is 0 Å². The Morgan fingerprint density at radius 1 is 1.55 bits per heavy atom. The van der Waals surface area contributed by atoms with Crippen molar-refractivity contribution in [3.63, 3.8) is 0 Å². The lowest BCUT2D eigenvalue weighted by Gasteiger charge is -2.00. The van der Waals surface area contributed by atoms with Gasteiger partial charge in [-0.25, -0.2) is 9.78 Å². The maximum atomic E-state index is 12.2. The number of rotatable bonds is 5. The number of nitrogens with one attached hydrogen (secondary N) is 2. The van der Waals surface area contributed by atoms with Crippen molar-refractivity contribution in [2.45, 2.75) is 13.5 Å². The van der Waals surface area contributed by atoms with Crippen molar-refractivity contribution < 1.29 is 9.53 Å². The molecular weight excluding hydrogens is 306 g/mol. The fourth-order valence-corrected chi connectivity index (χ4v) is 2.51. The van der Waals surface area contributed by atoms with Crippen LogP contribution in [0.4, 0.5) is 5.95 Å². The number of fused-ring (bicyclic) bond motifs is 1. The average molecular weight is 319 g/mol. The molecule has 0 saturated heterocycles. The summed E-state index contributed by atoms with van der Waals surface area (Å²) in [7, 11) is 0. The summed E-state index contributed by atoms with van der Waals surface area (Å²) in [4.78, 5) is 33.2. The lowest BCUT2D eigenvalue weighted by Crippen LogP contribution is -2.24. The Morgan fingerprint density at radius 3 is 3.14 bits per heavy atom. The highest BCUT2D eigenvalue weighted by atomic mass is 32.1. The minimum absolute atomic E-state index is 0.132. The van der Waals surface area contributed by atoms with Gasteiger partial charge in [0.1, 0.15) is 5.56 Å². The standard InChI is InChI=1S/C13H13N5O3S/c1-2-21-11(20)9-7-15-13-16-12(17-18(13)10(9)19)14-6-8-4-3-5-22-8/h3-5,7H,2,6H2,1H3,(H2,14,15,16,17). The lowest BCUT2D eigenvalue weighted by molar-refractivity contribution is 0.0523. The van der Waals surface area contributed by atoms with E-state index in [0.717, 1.165) is 9.39 Å². The molecule has 0 amide bonds. The molecule has 0 aliphatic heterocycles. The van der Waals surface area contributed by atoms with Crippen LogP contribution in [-0.4, -0.2) is 32.2 Å². The van der Waals surface area contributed by atoms with Crippen molar-refractivity contribution in [3.05, 3.63) is 44.5 Å². The SMILES string of the molecule is CCOC(=O)c1cnc2nc(NCc3cccs3)[nH]n2c1=O. The van der Waals surface area contributed by atoms with Crippen LogP contribution in [0, 0.1) is 0 Å².